The quantitative estimate of drug-likeness (QED) is 0.268. The molecule has 0 radical (unpaired) electrons. The Bertz CT molecular complexity index is 1250. The molecule has 4 aromatic rings. The highest BCUT2D eigenvalue weighted by Crippen LogP contribution is 2.52. The summed E-state index contributed by atoms with van der Waals surface area (Å²) >= 11 is 0. The van der Waals surface area contributed by atoms with Gasteiger partial charge in [-0.1, -0.05) is 80.6 Å². The molecule has 5 heteroatoms. The molecular formula is C27H27O4P. The molecule has 0 aliphatic heterocycles. The standard InChI is InChI=1S/C27H27O4P/c1-19(2)22-15-17-24(18-16-22)29-32(28,31-27-20(3)9-7-10-21(27)4)30-26-14-8-12-23-11-5-6-13-25(23)26/h5-19H,1-4H3. The predicted molar refractivity (Wildman–Crippen MR) is 130 cm³/mol. The van der Waals surface area contributed by atoms with Crippen LogP contribution in [0.4, 0.5) is 0 Å². The zero-order chi connectivity index (χ0) is 22.7. The maximum Gasteiger partial charge on any atom is 0.647 e. The number of fused-ring (bicyclic) bond motifs is 1. The Balaban J connectivity index is 1.74. The highest BCUT2D eigenvalue weighted by atomic mass is 31.2. The lowest BCUT2D eigenvalue weighted by molar-refractivity contribution is 0.298. The van der Waals surface area contributed by atoms with E-state index < -0.39 is 7.82 Å². The van der Waals surface area contributed by atoms with Crippen LogP contribution >= 0.6 is 7.82 Å². The zero-order valence-corrected chi connectivity index (χ0v) is 19.6. The minimum atomic E-state index is -4.08. The van der Waals surface area contributed by atoms with Gasteiger partial charge in [-0.3, -0.25) is 0 Å². The number of hydrogen-bond donors (Lipinski definition) is 0. The van der Waals surface area contributed by atoms with Crippen molar-refractivity contribution < 1.29 is 18.1 Å². The average molecular weight is 446 g/mol. The third-order valence-corrected chi connectivity index (χ3v) is 6.60. The number of rotatable bonds is 7. The Kier molecular flexibility index (Phi) is 6.25. The maximum absolute atomic E-state index is 14.0. The van der Waals surface area contributed by atoms with E-state index in [1.54, 1.807) is 18.2 Å². The fourth-order valence-electron chi connectivity index (χ4n) is 3.55. The normalized spacial score (nSPS) is 13.0. The third-order valence-electron chi connectivity index (χ3n) is 5.34. The second-order valence-electron chi connectivity index (χ2n) is 8.14. The van der Waals surface area contributed by atoms with E-state index >= 15 is 0 Å². The number of benzene rings is 4. The molecule has 0 aliphatic carbocycles. The molecule has 0 N–H and O–H groups in total. The van der Waals surface area contributed by atoms with Crippen molar-refractivity contribution in [2.75, 3.05) is 0 Å². The van der Waals surface area contributed by atoms with Gasteiger partial charge in [-0.2, -0.15) is 4.57 Å². The molecule has 4 aromatic carbocycles. The van der Waals surface area contributed by atoms with Crippen LogP contribution in [0.25, 0.3) is 10.8 Å². The second kappa shape index (κ2) is 9.10. The Hall–Kier alpha value is -3.23. The summed E-state index contributed by atoms with van der Waals surface area (Å²) in [6, 6.07) is 26.6. The van der Waals surface area contributed by atoms with Gasteiger partial charge in [0.25, 0.3) is 0 Å². The lowest BCUT2D eigenvalue weighted by Crippen LogP contribution is -2.09. The predicted octanol–water partition coefficient (Wildman–Crippen LogP) is 8.22. The van der Waals surface area contributed by atoms with Gasteiger partial charge in [0, 0.05) is 5.39 Å². The van der Waals surface area contributed by atoms with E-state index in [0.29, 0.717) is 23.2 Å². The van der Waals surface area contributed by atoms with Gasteiger partial charge in [-0.05, 0) is 60.0 Å². The number of aryl methyl sites for hydroxylation is 2. The van der Waals surface area contributed by atoms with E-state index in [4.69, 9.17) is 13.6 Å². The molecule has 0 amide bonds. The lowest BCUT2D eigenvalue weighted by atomic mass is 10.0. The Morgan fingerprint density at radius 2 is 1.31 bits per heavy atom. The summed E-state index contributed by atoms with van der Waals surface area (Å²) in [4.78, 5) is 0. The molecule has 0 fully saturated rings. The van der Waals surface area contributed by atoms with E-state index in [-0.39, 0.29) is 0 Å². The summed E-state index contributed by atoms with van der Waals surface area (Å²) < 4.78 is 32.0. The maximum atomic E-state index is 14.0. The fourth-order valence-corrected chi connectivity index (χ4v) is 4.95. The first kappa shape index (κ1) is 22.0. The van der Waals surface area contributed by atoms with Crippen LogP contribution in [0.2, 0.25) is 0 Å². The second-order valence-corrected chi connectivity index (χ2v) is 9.59. The third kappa shape index (κ3) is 4.81. The molecule has 1 atom stereocenters. The molecule has 0 saturated heterocycles. The SMILES string of the molecule is Cc1cccc(C)c1OP(=O)(Oc1ccc(C(C)C)cc1)Oc1cccc2ccccc12. The monoisotopic (exact) mass is 446 g/mol. The van der Waals surface area contributed by atoms with Crippen molar-refractivity contribution in [3.05, 3.63) is 102 Å². The van der Waals surface area contributed by atoms with Gasteiger partial charge in [-0.15, -0.1) is 0 Å². The summed E-state index contributed by atoms with van der Waals surface area (Å²) in [5.74, 6) is 1.74. The van der Waals surface area contributed by atoms with Crippen LogP contribution in [0, 0.1) is 13.8 Å². The van der Waals surface area contributed by atoms with Crippen molar-refractivity contribution in [3.8, 4) is 17.2 Å². The van der Waals surface area contributed by atoms with E-state index in [0.717, 1.165) is 27.5 Å². The van der Waals surface area contributed by atoms with Gasteiger partial charge in [0.1, 0.15) is 17.2 Å². The molecule has 0 saturated carbocycles. The van der Waals surface area contributed by atoms with Crippen molar-refractivity contribution >= 4 is 18.6 Å². The number of phosphoric acid groups is 1. The van der Waals surface area contributed by atoms with Crippen molar-refractivity contribution in [3.63, 3.8) is 0 Å². The van der Waals surface area contributed by atoms with Crippen molar-refractivity contribution in [1.82, 2.24) is 0 Å². The molecule has 0 spiro atoms. The largest absolute Gasteiger partial charge is 0.647 e. The van der Waals surface area contributed by atoms with Gasteiger partial charge in [-0.25, -0.2) is 0 Å². The number of phosphoric ester groups is 1. The van der Waals surface area contributed by atoms with Gasteiger partial charge in [0.2, 0.25) is 0 Å². The lowest BCUT2D eigenvalue weighted by Gasteiger charge is -2.22. The first-order chi connectivity index (χ1) is 15.3. The molecule has 164 valence electrons. The zero-order valence-electron chi connectivity index (χ0n) is 18.7. The topological polar surface area (TPSA) is 44.8 Å². The Morgan fingerprint density at radius 1 is 0.688 bits per heavy atom. The molecule has 0 heterocycles. The molecular weight excluding hydrogens is 419 g/mol. The van der Waals surface area contributed by atoms with Crippen molar-refractivity contribution in [2.24, 2.45) is 0 Å². The van der Waals surface area contributed by atoms with Crippen LogP contribution in [0.3, 0.4) is 0 Å². The smallest absolute Gasteiger partial charge is 0.386 e. The first-order valence-electron chi connectivity index (χ1n) is 10.7. The van der Waals surface area contributed by atoms with E-state index in [2.05, 4.69) is 13.8 Å². The van der Waals surface area contributed by atoms with Gasteiger partial charge >= 0.3 is 7.82 Å². The molecule has 0 bridgehead atoms. The summed E-state index contributed by atoms with van der Waals surface area (Å²) in [5, 5.41) is 1.81. The summed E-state index contributed by atoms with van der Waals surface area (Å²) in [7, 11) is -4.08. The minimum absolute atomic E-state index is 0.383. The van der Waals surface area contributed by atoms with Crippen molar-refractivity contribution in [1.29, 1.82) is 0 Å². The highest BCUT2D eigenvalue weighted by molar-refractivity contribution is 7.49. The number of hydrogen-bond acceptors (Lipinski definition) is 4. The van der Waals surface area contributed by atoms with Crippen LogP contribution in [0.5, 0.6) is 17.2 Å². The van der Waals surface area contributed by atoms with Crippen LogP contribution < -0.4 is 13.6 Å². The molecule has 4 rings (SSSR count). The molecule has 32 heavy (non-hydrogen) atoms. The summed E-state index contributed by atoms with van der Waals surface area (Å²) in [6.07, 6.45) is 0. The van der Waals surface area contributed by atoms with Gasteiger partial charge < -0.3 is 13.6 Å². The van der Waals surface area contributed by atoms with Crippen LogP contribution in [0.15, 0.2) is 84.9 Å². The number of para-hydroxylation sites is 1. The fraction of sp³-hybridized carbons (Fsp3) is 0.185. The van der Waals surface area contributed by atoms with Crippen LogP contribution in [-0.2, 0) is 4.57 Å². The van der Waals surface area contributed by atoms with Gasteiger partial charge in [0.15, 0.2) is 0 Å². The average Bonchev–Trinajstić information content (AvgIpc) is 2.77. The summed E-state index contributed by atoms with van der Waals surface area (Å²) in [5.41, 5.74) is 2.87. The Labute approximate surface area is 189 Å². The molecule has 0 aromatic heterocycles. The Morgan fingerprint density at radius 3 is 2.00 bits per heavy atom. The van der Waals surface area contributed by atoms with Crippen molar-refractivity contribution in [2.45, 2.75) is 33.6 Å². The van der Waals surface area contributed by atoms with Gasteiger partial charge in [0.05, 0.1) is 0 Å². The van der Waals surface area contributed by atoms with Crippen LogP contribution in [-0.4, -0.2) is 0 Å². The summed E-state index contributed by atoms with van der Waals surface area (Å²) in [6.45, 7) is 8.05. The van der Waals surface area contributed by atoms with Crippen LogP contribution in [0.1, 0.15) is 36.5 Å². The highest BCUT2D eigenvalue weighted by Gasteiger charge is 2.35. The minimum Gasteiger partial charge on any atom is -0.386 e. The van der Waals surface area contributed by atoms with E-state index in [1.165, 1.54) is 0 Å². The van der Waals surface area contributed by atoms with E-state index in [1.807, 2.05) is 80.6 Å². The molecule has 1 unspecified atom stereocenters. The molecule has 4 nitrogen and oxygen atoms in total. The first-order valence-corrected chi connectivity index (χ1v) is 12.1. The molecule has 0 aliphatic rings. The van der Waals surface area contributed by atoms with E-state index in [9.17, 15) is 4.57 Å².